The third kappa shape index (κ3) is 2.61. The van der Waals surface area contributed by atoms with Crippen molar-refractivity contribution in [3.05, 3.63) is 11.3 Å². The molecule has 2 unspecified atom stereocenters. The van der Waals surface area contributed by atoms with Gasteiger partial charge in [-0.05, 0) is 31.5 Å². The molecule has 0 aromatic carbocycles. The molecule has 0 aromatic heterocycles. The van der Waals surface area contributed by atoms with Crippen LogP contribution in [0.25, 0.3) is 0 Å². The van der Waals surface area contributed by atoms with Gasteiger partial charge in [-0.25, -0.2) is 0 Å². The van der Waals surface area contributed by atoms with Crippen LogP contribution < -0.4 is 0 Å². The molecule has 0 bridgehead atoms. The smallest absolute Gasteiger partial charge is 0.0803 e. The Hall–Kier alpha value is -0.435. The quantitative estimate of drug-likeness (QED) is 0.694. The fraction of sp³-hybridized carbons (Fsp3) is 0.867. The minimum absolute atomic E-state index is 0.102. The maximum absolute atomic E-state index is 6.42. The van der Waals surface area contributed by atoms with Gasteiger partial charge in [-0.15, -0.1) is 0 Å². The van der Waals surface area contributed by atoms with Gasteiger partial charge in [-0.3, -0.25) is 0 Å². The number of likely N-dealkylation sites (N-methyl/N-ethyl adjacent to an activating group) is 1. The molecule has 18 heavy (non-hydrogen) atoms. The minimum atomic E-state index is -0.104. The predicted octanol–water partition coefficient (Wildman–Crippen LogP) is 3.54. The molecule has 1 aliphatic carbocycles. The first-order valence-corrected chi connectivity index (χ1v) is 7.15. The number of ether oxygens (including phenoxy) is 1. The monoisotopic (exact) mass is 249 g/mol. The second-order valence-corrected chi connectivity index (χ2v) is 5.86. The van der Waals surface area contributed by atoms with Crippen LogP contribution in [-0.4, -0.2) is 39.0 Å². The molecule has 2 rings (SSSR count). The SMILES string of the molecule is CC.[B]C1(C)CCCC2=C1CC(C)(COC)N2C. The van der Waals surface area contributed by atoms with Crippen LogP contribution in [0, 0.1) is 0 Å². The van der Waals surface area contributed by atoms with Crippen molar-refractivity contribution in [1.29, 1.82) is 0 Å². The van der Waals surface area contributed by atoms with Crippen LogP contribution in [0.1, 0.15) is 53.4 Å². The summed E-state index contributed by atoms with van der Waals surface area (Å²) in [7, 11) is 10.4. The van der Waals surface area contributed by atoms with Gasteiger partial charge in [-0.2, -0.15) is 0 Å². The summed E-state index contributed by atoms with van der Waals surface area (Å²) in [6, 6.07) is 0. The van der Waals surface area contributed by atoms with Crippen molar-refractivity contribution >= 4 is 7.85 Å². The molecule has 3 heteroatoms. The predicted molar refractivity (Wildman–Crippen MR) is 79.0 cm³/mol. The highest BCUT2D eigenvalue weighted by molar-refractivity contribution is 6.17. The Bertz CT molecular complexity index is 324. The van der Waals surface area contributed by atoms with Gasteiger partial charge in [0.05, 0.1) is 20.0 Å². The van der Waals surface area contributed by atoms with Crippen molar-refractivity contribution in [2.75, 3.05) is 20.8 Å². The van der Waals surface area contributed by atoms with Crippen LogP contribution in [0.3, 0.4) is 0 Å². The normalized spacial score (nSPS) is 35.1. The van der Waals surface area contributed by atoms with Crippen LogP contribution in [0.4, 0.5) is 0 Å². The molecule has 0 aromatic rings. The van der Waals surface area contributed by atoms with Crippen molar-refractivity contribution in [2.45, 2.75) is 64.2 Å². The van der Waals surface area contributed by atoms with Gasteiger partial charge in [-0.1, -0.05) is 32.8 Å². The third-order valence-corrected chi connectivity index (χ3v) is 4.37. The Balaban J connectivity index is 0.000000771. The lowest BCUT2D eigenvalue weighted by Gasteiger charge is -2.36. The van der Waals surface area contributed by atoms with E-state index in [-0.39, 0.29) is 10.9 Å². The minimum Gasteiger partial charge on any atom is -0.382 e. The molecule has 0 saturated heterocycles. The van der Waals surface area contributed by atoms with Crippen molar-refractivity contribution in [3.63, 3.8) is 0 Å². The summed E-state index contributed by atoms with van der Waals surface area (Å²) in [5.41, 5.74) is 3.03. The van der Waals surface area contributed by atoms with Crippen LogP contribution in [0.2, 0.25) is 5.31 Å². The highest BCUT2D eigenvalue weighted by atomic mass is 16.5. The summed E-state index contributed by atoms with van der Waals surface area (Å²) in [6.07, 6.45) is 4.56. The fourth-order valence-corrected chi connectivity index (χ4v) is 3.21. The second kappa shape index (κ2) is 5.69. The highest BCUT2D eigenvalue weighted by Crippen LogP contribution is 2.53. The number of allylic oxidation sites excluding steroid dienone is 1. The first-order chi connectivity index (χ1) is 8.41. The standard InChI is InChI=1S/C13H22BNO.C2H6/c1-12(9-16-4)8-10-11(15(12)3)6-5-7-13(10,2)14;1-2/h5-9H2,1-4H3;1-2H3. The van der Waals surface area contributed by atoms with Crippen LogP contribution in [0.5, 0.6) is 0 Å². The van der Waals surface area contributed by atoms with E-state index in [4.69, 9.17) is 12.6 Å². The molecule has 2 radical (unpaired) electrons. The Morgan fingerprint density at radius 2 is 1.94 bits per heavy atom. The molecular weight excluding hydrogens is 221 g/mol. The molecule has 102 valence electrons. The van der Waals surface area contributed by atoms with E-state index in [1.54, 1.807) is 7.11 Å². The van der Waals surface area contributed by atoms with E-state index in [2.05, 4.69) is 25.8 Å². The van der Waals surface area contributed by atoms with E-state index >= 15 is 0 Å². The molecule has 1 aliphatic heterocycles. The Labute approximate surface area is 114 Å². The summed E-state index contributed by atoms with van der Waals surface area (Å²) in [6.45, 7) is 9.21. The van der Waals surface area contributed by atoms with E-state index in [0.717, 1.165) is 19.4 Å². The van der Waals surface area contributed by atoms with Crippen LogP contribution >= 0.6 is 0 Å². The van der Waals surface area contributed by atoms with Gasteiger partial charge in [0.1, 0.15) is 0 Å². The molecule has 0 amide bonds. The maximum Gasteiger partial charge on any atom is 0.0803 e. The lowest BCUT2D eigenvalue weighted by atomic mass is 9.59. The van der Waals surface area contributed by atoms with Crippen LogP contribution in [-0.2, 0) is 4.74 Å². The summed E-state index contributed by atoms with van der Waals surface area (Å²) in [5, 5.41) is -0.104. The summed E-state index contributed by atoms with van der Waals surface area (Å²) < 4.78 is 5.36. The van der Waals surface area contributed by atoms with Crippen LogP contribution in [0.15, 0.2) is 11.3 Å². The average Bonchev–Trinajstić information content (AvgIpc) is 2.58. The van der Waals surface area contributed by atoms with Crippen molar-refractivity contribution in [1.82, 2.24) is 4.90 Å². The number of methoxy groups -OCH3 is 1. The van der Waals surface area contributed by atoms with Gasteiger partial charge in [0, 0.05) is 19.9 Å². The van der Waals surface area contributed by atoms with Crippen molar-refractivity contribution < 1.29 is 4.74 Å². The van der Waals surface area contributed by atoms with E-state index in [0.29, 0.717) is 0 Å². The van der Waals surface area contributed by atoms with E-state index in [1.165, 1.54) is 24.1 Å². The van der Waals surface area contributed by atoms with Gasteiger partial charge < -0.3 is 9.64 Å². The average molecular weight is 249 g/mol. The van der Waals surface area contributed by atoms with Gasteiger partial charge in [0.2, 0.25) is 0 Å². The molecule has 2 nitrogen and oxygen atoms in total. The zero-order valence-corrected chi connectivity index (χ0v) is 13.0. The molecule has 2 aliphatic rings. The Morgan fingerprint density at radius 1 is 1.33 bits per heavy atom. The van der Waals surface area contributed by atoms with E-state index in [9.17, 15) is 0 Å². The number of rotatable bonds is 2. The number of hydrogen-bond donors (Lipinski definition) is 0. The van der Waals surface area contributed by atoms with Gasteiger partial charge in [0.25, 0.3) is 0 Å². The van der Waals surface area contributed by atoms with Gasteiger partial charge >= 0.3 is 0 Å². The number of nitrogens with zero attached hydrogens (tertiary/aromatic N) is 1. The lowest BCUT2D eigenvalue weighted by molar-refractivity contribution is 0.0691. The highest BCUT2D eigenvalue weighted by Gasteiger charge is 2.44. The van der Waals surface area contributed by atoms with Crippen molar-refractivity contribution in [3.8, 4) is 0 Å². The molecule has 1 heterocycles. The van der Waals surface area contributed by atoms with E-state index < -0.39 is 0 Å². The zero-order valence-electron chi connectivity index (χ0n) is 13.0. The first-order valence-electron chi connectivity index (χ1n) is 7.15. The summed E-state index contributed by atoms with van der Waals surface area (Å²) >= 11 is 0. The molecular formula is C15H28BNO. The topological polar surface area (TPSA) is 12.5 Å². The van der Waals surface area contributed by atoms with E-state index in [1.807, 2.05) is 13.8 Å². The lowest BCUT2D eigenvalue weighted by Crippen LogP contribution is -2.42. The molecule has 0 N–H and O–H groups in total. The summed E-state index contributed by atoms with van der Waals surface area (Å²) in [4.78, 5) is 2.40. The second-order valence-electron chi connectivity index (χ2n) is 5.86. The van der Waals surface area contributed by atoms with Gasteiger partial charge in [0.15, 0.2) is 0 Å². The zero-order chi connectivity index (χ0) is 14.0. The number of hydrogen-bond acceptors (Lipinski definition) is 2. The third-order valence-electron chi connectivity index (χ3n) is 4.37. The Kier molecular flexibility index (Phi) is 4.94. The molecule has 0 saturated carbocycles. The first kappa shape index (κ1) is 15.6. The van der Waals surface area contributed by atoms with Crippen molar-refractivity contribution in [2.24, 2.45) is 0 Å². The maximum atomic E-state index is 6.42. The fourth-order valence-electron chi connectivity index (χ4n) is 3.21. The molecule has 2 atom stereocenters. The Morgan fingerprint density at radius 3 is 2.44 bits per heavy atom. The summed E-state index contributed by atoms with van der Waals surface area (Å²) in [5.74, 6) is 0. The molecule has 0 fully saturated rings. The molecule has 0 spiro atoms. The largest absolute Gasteiger partial charge is 0.382 e.